The van der Waals surface area contributed by atoms with Crippen LogP contribution in [0.5, 0.6) is 0 Å². The SMILES string of the molecule is CC[C@@]1(O)C(=O)OCc2c1cc1n(c2=O)Cc2c-1nc1cc(F)c(C)c3c1c2[C@@H](NCCN(CC(N)=O)C(=O)[C@H](Cc1ccccc1)NC(=O)CNC(=O)CNC(=O)OC(C)(C)C)CC3. The molecule has 1 aliphatic carbocycles. The summed E-state index contributed by atoms with van der Waals surface area (Å²) < 4.78 is 27.4. The van der Waals surface area contributed by atoms with Crippen LogP contribution < -0.4 is 32.6 Å². The Morgan fingerprint density at radius 2 is 1.78 bits per heavy atom. The third kappa shape index (κ3) is 9.56. The molecule has 5 amide bonds. The van der Waals surface area contributed by atoms with Crippen LogP contribution in [0.1, 0.15) is 85.5 Å². The maximum atomic E-state index is 15.5. The molecule has 7 rings (SSSR count). The maximum absolute atomic E-state index is 15.5. The Bertz CT molecular complexity index is 2660. The van der Waals surface area contributed by atoms with Crippen molar-refractivity contribution in [2.75, 3.05) is 32.7 Å². The zero-order chi connectivity index (χ0) is 47.0. The summed E-state index contributed by atoms with van der Waals surface area (Å²) >= 11 is 0. The molecule has 7 N–H and O–H groups in total. The normalized spacial score (nSPS) is 17.5. The molecule has 0 unspecified atom stereocenters. The Kier molecular flexibility index (Phi) is 13.1. The fourth-order valence-corrected chi connectivity index (χ4v) is 8.81. The minimum Gasteiger partial charge on any atom is -0.458 e. The second kappa shape index (κ2) is 18.4. The Hall–Kier alpha value is -6.73. The second-order valence-electron chi connectivity index (χ2n) is 17.5. The lowest BCUT2D eigenvalue weighted by Gasteiger charge is -2.32. The number of aryl methyl sites for hydroxylation is 1. The monoisotopic (exact) mass is 896 g/mol. The van der Waals surface area contributed by atoms with Gasteiger partial charge in [0.25, 0.3) is 5.56 Å². The number of aromatic nitrogens is 2. The first-order valence-electron chi connectivity index (χ1n) is 21.5. The highest BCUT2D eigenvalue weighted by Crippen LogP contribution is 2.46. The number of carbonyl (C=O) groups excluding carboxylic acids is 6. The molecule has 2 aromatic heterocycles. The van der Waals surface area contributed by atoms with E-state index in [0.29, 0.717) is 46.4 Å². The molecule has 3 aliphatic rings. The molecule has 4 aromatic rings. The van der Waals surface area contributed by atoms with E-state index in [1.54, 1.807) is 71.0 Å². The number of esters is 1. The van der Waals surface area contributed by atoms with Gasteiger partial charge in [-0.05, 0) is 75.3 Å². The summed E-state index contributed by atoms with van der Waals surface area (Å²) in [5.74, 6) is -4.07. The first kappa shape index (κ1) is 46.3. The molecule has 2 aromatic carbocycles. The number of pyridine rings is 2. The van der Waals surface area contributed by atoms with Gasteiger partial charge >= 0.3 is 12.1 Å². The summed E-state index contributed by atoms with van der Waals surface area (Å²) in [5.41, 5.74) is 7.33. The number of cyclic esters (lactones) is 1. The summed E-state index contributed by atoms with van der Waals surface area (Å²) in [4.78, 5) is 97.4. The van der Waals surface area contributed by atoms with Crippen molar-refractivity contribution in [3.63, 3.8) is 0 Å². The average Bonchev–Trinajstić information content (AvgIpc) is 3.63. The molecular formula is C46H53FN8O10. The third-order valence-corrected chi connectivity index (χ3v) is 12.0. The third-order valence-electron chi connectivity index (χ3n) is 12.0. The second-order valence-corrected chi connectivity index (χ2v) is 17.5. The van der Waals surface area contributed by atoms with E-state index in [-0.39, 0.29) is 50.2 Å². The molecule has 4 heterocycles. The number of carbonyl (C=O) groups is 6. The topological polar surface area (TPSA) is 253 Å². The van der Waals surface area contributed by atoms with Crippen LogP contribution in [0.4, 0.5) is 9.18 Å². The lowest BCUT2D eigenvalue weighted by atomic mass is 9.81. The summed E-state index contributed by atoms with van der Waals surface area (Å²) in [6, 6.07) is 10.3. The molecule has 0 fully saturated rings. The standard InChI is InChI=1S/C46H53FN8O10/c1-6-46(63)29-17-34-40-27(21-55(34)41(59)28(29)23-64-43(46)61)39-31(13-12-26-24(2)30(47)18-32(53-40)38(26)39)49-14-15-54(22-35(48)56)42(60)33(16-25-10-8-7-9-11-25)52-37(58)20-50-36(57)19-51-44(62)65-45(3,4)5/h7-11,17-18,31,33,49,63H,6,12-16,19-23H2,1-5H3,(H2,48,56)(H,50,57)(H,51,62)(H,52,58)/t31-,33-,46-/m0/s1. The maximum Gasteiger partial charge on any atom is 0.408 e. The van der Waals surface area contributed by atoms with Gasteiger partial charge in [0, 0.05) is 48.1 Å². The van der Waals surface area contributed by atoms with Crippen LogP contribution in [0.15, 0.2) is 47.3 Å². The Morgan fingerprint density at radius 1 is 1.06 bits per heavy atom. The quantitative estimate of drug-likeness (QED) is 0.0824. The zero-order valence-electron chi connectivity index (χ0n) is 36.9. The van der Waals surface area contributed by atoms with Crippen molar-refractivity contribution >= 4 is 46.6 Å². The van der Waals surface area contributed by atoms with E-state index in [2.05, 4.69) is 21.3 Å². The summed E-state index contributed by atoms with van der Waals surface area (Å²) in [6.45, 7) is 6.79. The first-order chi connectivity index (χ1) is 30.8. The lowest BCUT2D eigenvalue weighted by molar-refractivity contribution is -0.172. The van der Waals surface area contributed by atoms with Crippen molar-refractivity contribution in [1.29, 1.82) is 0 Å². The molecular weight excluding hydrogens is 844 g/mol. The summed E-state index contributed by atoms with van der Waals surface area (Å²) in [7, 11) is 0. The van der Waals surface area contributed by atoms with Crippen LogP contribution in [0.3, 0.4) is 0 Å². The van der Waals surface area contributed by atoms with Crippen LogP contribution in [0.25, 0.3) is 22.3 Å². The molecule has 2 aliphatic heterocycles. The van der Waals surface area contributed by atoms with Gasteiger partial charge < -0.3 is 51.0 Å². The number of ether oxygens (including phenoxy) is 2. The van der Waals surface area contributed by atoms with Crippen LogP contribution in [-0.2, 0) is 65.0 Å². The number of rotatable bonds is 15. The fraction of sp³-hybridized carbons (Fsp3) is 0.435. The first-order valence-corrected chi connectivity index (χ1v) is 21.5. The molecule has 0 radical (unpaired) electrons. The largest absolute Gasteiger partial charge is 0.458 e. The van der Waals surface area contributed by atoms with E-state index < -0.39 is 90.0 Å². The number of alkyl carbamates (subject to hydrolysis) is 1. The summed E-state index contributed by atoms with van der Waals surface area (Å²) in [5, 5.41) is 23.1. The van der Waals surface area contributed by atoms with E-state index in [1.807, 2.05) is 0 Å². The smallest absolute Gasteiger partial charge is 0.408 e. The highest BCUT2D eigenvalue weighted by molar-refractivity contribution is 5.94. The molecule has 0 bridgehead atoms. The lowest BCUT2D eigenvalue weighted by Crippen LogP contribution is -2.54. The van der Waals surface area contributed by atoms with Gasteiger partial charge in [0.2, 0.25) is 23.6 Å². The van der Waals surface area contributed by atoms with E-state index in [0.717, 1.165) is 16.5 Å². The van der Waals surface area contributed by atoms with Gasteiger partial charge in [-0.25, -0.2) is 19.0 Å². The highest BCUT2D eigenvalue weighted by Gasteiger charge is 2.46. The van der Waals surface area contributed by atoms with Crippen molar-refractivity contribution in [3.8, 4) is 11.4 Å². The number of fused-ring (bicyclic) bond motifs is 5. The molecule has 0 saturated heterocycles. The highest BCUT2D eigenvalue weighted by atomic mass is 19.1. The van der Waals surface area contributed by atoms with Gasteiger partial charge in [0.1, 0.15) is 30.6 Å². The van der Waals surface area contributed by atoms with Gasteiger partial charge in [-0.15, -0.1) is 0 Å². The van der Waals surface area contributed by atoms with Crippen LogP contribution in [0.2, 0.25) is 0 Å². The predicted octanol–water partition coefficient (Wildman–Crippen LogP) is 1.79. The Balaban J connectivity index is 1.12. The number of halogens is 1. The van der Waals surface area contributed by atoms with E-state index in [4.69, 9.17) is 20.2 Å². The average molecular weight is 897 g/mol. The van der Waals surface area contributed by atoms with Gasteiger partial charge in [-0.2, -0.15) is 0 Å². The number of amides is 5. The number of benzene rings is 2. The van der Waals surface area contributed by atoms with Crippen molar-refractivity contribution in [3.05, 3.63) is 97.6 Å². The van der Waals surface area contributed by atoms with Gasteiger partial charge in [0.05, 0.1) is 42.1 Å². The van der Waals surface area contributed by atoms with Gasteiger partial charge in [0.15, 0.2) is 5.60 Å². The number of nitrogens with one attached hydrogen (secondary N) is 4. The molecule has 344 valence electrons. The fourth-order valence-electron chi connectivity index (χ4n) is 8.81. The Labute approximate surface area is 373 Å². The summed E-state index contributed by atoms with van der Waals surface area (Å²) in [6.07, 6.45) is 0.177. The van der Waals surface area contributed by atoms with E-state index >= 15 is 4.39 Å². The number of aliphatic hydroxyl groups is 1. The van der Waals surface area contributed by atoms with Crippen molar-refractivity contribution < 1.29 is 47.7 Å². The van der Waals surface area contributed by atoms with Crippen molar-refractivity contribution in [1.82, 2.24) is 35.7 Å². The van der Waals surface area contributed by atoms with E-state index in [1.165, 1.54) is 15.5 Å². The number of hydrogen-bond acceptors (Lipinski definition) is 12. The molecule has 19 heteroatoms. The van der Waals surface area contributed by atoms with Gasteiger partial charge in [-0.1, -0.05) is 37.3 Å². The number of nitrogens with zero attached hydrogens (tertiary/aromatic N) is 3. The Morgan fingerprint density at radius 3 is 2.48 bits per heavy atom. The minimum atomic E-state index is -2.04. The molecule has 0 saturated carbocycles. The van der Waals surface area contributed by atoms with Crippen molar-refractivity contribution in [2.45, 2.75) is 96.7 Å². The number of nitrogens with two attached hydrogens (primary N) is 1. The minimum absolute atomic E-state index is 0.0334. The molecule has 18 nitrogen and oxygen atoms in total. The van der Waals surface area contributed by atoms with Crippen LogP contribution in [-0.4, -0.2) is 99.6 Å². The van der Waals surface area contributed by atoms with Crippen molar-refractivity contribution in [2.24, 2.45) is 5.73 Å². The molecule has 3 atom stereocenters. The van der Waals surface area contributed by atoms with Gasteiger partial charge in [-0.3, -0.25) is 24.0 Å². The predicted molar refractivity (Wildman–Crippen MR) is 233 cm³/mol. The molecule has 65 heavy (non-hydrogen) atoms. The zero-order valence-corrected chi connectivity index (χ0v) is 36.9. The van der Waals surface area contributed by atoms with E-state index in [9.17, 15) is 38.7 Å². The number of hydrogen-bond donors (Lipinski definition) is 6. The number of primary amides is 1. The molecule has 0 spiro atoms. The van der Waals surface area contributed by atoms with Crippen LogP contribution in [0, 0.1) is 12.7 Å². The van der Waals surface area contributed by atoms with Crippen LogP contribution >= 0.6 is 0 Å².